The van der Waals surface area contributed by atoms with Crippen molar-refractivity contribution in [2.45, 2.75) is 40.7 Å². The molecule has 29 heavy (non-hydrogen) atoms. The van der Waals surface area contributed by atoms with Crippen LogP contribution in [0.15, 0.2) is 42.6 Å². The van der Waals surface area contributed by atoms with E-state index in [-0.39, 0.29) is 11.8 Å². The summed E-state index contributed by atoms with van der Waals surface area (Å²) in [6.07, 6.45) is 1.57. The molecule has 0 fully saturated rings. The van der Waals surface area contributed by atoms with E-state index >= 15 is 0 Å². The largest absolute Gasteiger partial charge is 0.438 e. The van der Waals surface area contributed by atoms with Crippen LogP contribution in [-0.2, 0) is 0 Å². The summed E-state index contributed by atoms with van der Waals surface area (Å²) >= 11 is 0. The van der Waals surface area contributed by atoms with Crippen molar-refractivity contribution in [1.82, 2.24) is 9.55 Å². The molecule has 0 spiro atoms. The highest BCUT2D eigenvalue weighted by molar-refractivity contribution is 6.05. The van der Waals surface area contributed by atoms with E-state index in [1.165, 1.54) is 0 Å². The van der Waals surface area contributed by atoms with Crippen LogP contribution in [0.25, 0.3) is 0 Å². The van der Waals surface area contributed by atoms with Crippen LogP contribution in [0.1, 0.15) is 52.8 Å². The predicted molar refractivity (Wildman–Crippen MR) is 112 cm³/mol. The van der Waals surface area contributed by atoms with E-state index in [0.29, 0.717) is 28.6 Å². The molecule has 3 aromatic rings. The number of nitriles is 1. The number of rotatable bonds is 5. The number of nitrogens with one attached hydrogen (secondary N) is 1. The smallest absolute Gasteiger partial charge is 0.257 e. The second kappa shape index (κ2) is 8.19. The minimum atomic E-state index is -0.140. The van der Waals surface area contributed by atoms with Gasteiger partial charge in [-0.3, -0.25) is 4.79 Å². The maximum absolute atomic E-state index is 12.8. The molecule has 0 aliphatic heterocycles. The number of carbonyl (C=O) groups is 1. The number of ether oxygens (including phenoxy) is 1. The second-order valence-corrected chi connectivity index (χ2v) is 7.25. The number of benzene rings is 1. The second-order valence-electron chi connectivity index (χ2n) is 7.25. The zero-order valence-electron chi connectivity index (χ0n) is 17.3. The van der Waals surface area contributed by atoms with Gasteiger partial charge in [0.25, 0.3) is 5.91 Å². The Morgan fingerprint density at radius 1 is 1.21 bits per heavy atom. The van der Waals surface area contributed by atoms with Crippen molar-refractivity contribution in [3.8, 4) is 17.7 Å². The topological polar surface area (TPSA) is 79.9 Å². The molecule has 6 nitrogen and oxygen atoms in total. The summed E-state index contributed by atoms with van der Waals surface area (Å²) in [4.78, 5) is 16.9. The standard InChI is InChI=1S/C23H24N4O2/c1-14(2)27-16(4)12-20(17(27)5)22(28)26-21-9-8-19(11-15(21)3)29-23-18(13-24)7-6-10-25-23/h6-12,14H,1-5H3,(H,26,28). The average Bonchev–Trinajstić information content (AvgIpc) is 2.98. The molecule has 2 heterocycles. The van der Waals surface area contributed by atoms with E-state index in [1.54, 1.807) is 30.5 Å². The van der Waals surface area contributed by atoms with Crippen LogP contribution in [0.5, 0.6) is 11.6 Å². The highest BCUT2D eigenvalue weighted by Gasteiger charge is 2.18. The van der Waals surface area contributed by atoms with Crippen LogP contribution in [0, 0.1) is 32.1 Å². The molecule has 0 saturated heterocycles. The van der Waals surface area contributed by atoms with Gasteiger partial charge in [-0.1, -0.05) is 0 Å². The normalized spacial score (nSPS) is 10.7. The van der Waals surface area contributed by atoms with Gasteiger partial charge in [-0.05, 0) is 76.6 Å². The fraction of sp³-hybridized carbons (Fsp3) is 0.261. The van der Waals surface area contributed by atoms with Crippen LogP contribution in [-0.4, -0.2) is 15.5 Å². The van der Waals surface area contributed by atoms with Crippen LogP contribution in [0.3, 0.4) is 0 Å². The molecule has 0 aliphatic rings. The number of nitrogens with zero attached hydrogens (tertiary/aromatic N) is 3. The summed E-state index contributed by atoms with van der Waals surface area (Å²) in [7, 11) is 0. The van der Waals surface area contributed by atoms with Gasteiger partial charge in [0.2, 0.25) is 5.88 Å². The Hall–Kier alpha value is -3.59. The first-order chi connectivity index (χ1) is 13.8. The monoisotopic (exact) mass is 388 g/mol. The van der Waals surface area contributed by atoms with E-state index in [1.807, 2.05) is 32.9 Å². The number of aromatic nitrogens is 2. The summed E-state index contributed by atoms with van der Waals surface area (Å²) in [6.45, 7) is 10.1. The summed E-state index contributed by atoms with van der Waals surface area (Å²) in [5.74, 6) is 0.666. The first-order valence-corrected chi connectivity index (χ1v) is 9.45. The van der Waals surface area contributed by atoms with Crippen molar-refractivity contribution in [3.05, 3.63) is 70.7 Å². The van der Waals surface area contributed by atoms with Crippen LogP contribution in [0.4, 0.5) is 5.69 Å². The molecule has 0 aliphatic carbocycles. The Morgan fingerprint density at radius 3 is 2.59 bits per heavy atom. The number of hydrogen-bond acceptors (Lipinski definition) is 4. The van der Waals surface area contributed by atoms with Crippen LogP contribution >= 0.6 is 0 Å². The van der Waals surface area contributed by atoms with Gasteiger partial charge in [0.15, 0.2) is 0 Å². The van der Waals surface area contributed by atoms with E-state index in [0.717, 1.165) is 17.0 Å². The summed E-state index contributed by atoms with van der Waals surface area (Å²) in [5, 5.41) is 12.1. The Morgan fingerprint density at radius 2 is 1.97 bits per heavy atom. The highest BCUT2D eigenvalue weighted by Crippen LogP contribution is 2.28. The quantitative estimate of drug-likeness (QED) is 0.643. The van der Waals surface area contributed by atoms with Crippen molar-refractivity contribution in [2.75, 3.05) is 5.32 Å². The van der Waals surface area contributed by atoms with Gasteiger partial charge >= 0.3 is 0 Å². The minimum absolute atomic E-state index is 0.140. The molecular weight excluding hydrogens is 364 g/mol. The van der Waals surface area contributed by atoms with Crippen molar-refractivity contribution < 1.29 is 9.53 Å². The molecule has 0 radical (unpaired) electrons. The van der Waals surface area contributed by atoms with Gasteiger partial charge in [0.1, 0.15) is 17.4 Å². The summed E-state index contributed by atoms with van der Waals surface area (Å²) in [6, 6.07) is 13.0. The minimum Gasteiger partial charge on any atom is -0.438 e. The fourth-order valence-electron chi connectivity index (χ4n) is 3.50. The van der Waals surface area contributed by atoms with E-state index in [9.17, 15) is 4.79 Å². The predicted octanol–water partition coefficient (Wildman–Crippen LogP) is 5.31. The third-order valence-corrected chi connectivity index (χ3v) is 4.80. The maximum Gasteiger partial charge on any atom is 0.257 e. The van der Waals surface area contributed by atoms with Gasteiger partial charge in [0, 0.05) is 29.3 Å². The van der Waals surface area contributed by atoms with Crippen molar-refractivity contribution >= 4 is 11.6 Å². The van der Waals surface area contributed by atoms with Gasteiger partial charge < -0.3 is 14.6 Å². The first-order valence-electron chi connectivity index (χ1n) is 9.45. The molecule has 0 unspecified atom stereocenters. The highest BCUT2D eigenvalue weighted by atomic mass is 16.5. The number of anilines is 1. The lowest BCUT2D eigenvalue weighted by Gasteiger charge is -2.14. The van der Waals surface area contributed by atoms with E-state index in [4.69, 9.17) is 10.00 Å². The number of hydrogen-bond donors (Lipinski definition) is 1. The van der Waals surface area contributed by atoms with Crippen molar-refractivity contribution in [2.24, 2.45) is 0 Å². The van der Waals surface area contributed by atoms with Gasteiger partial charge in [-0.15, -0.1) is 0 Å². The number of amides is 1. The molecule has 0 saturated carbocycles. The first kappa shape index (κ1) is 20.2. The molecule has 1 N–H and O–H groups in total. The zero-order chi connectivity index (χ0) is 21.1. The summed E-state index contributed by atoms with van der Waals surface area (Å²) < 4.78 is 7.89. The lowest BCUT2D eigenvalue weighted by atomic mass is 10.1. The number of pyridine rings is 1. The maximum atomic E-state index is 12.8. The third-order valence-electron chi connectivity index (χ3n) is 4.80. The Labute approximate surface area is 170 Å². The molecule has 6 heteroatoms. The molecular formula is C23H24N4O2. The van der Waals surface area contributed by atoms with Crippen LogP contribution in [0.2, 0.25) is 0 Å². The molecule has 2 aromatic heterocycles. The molecule has 1 amide bonds. The number of carbonyl (C=O) groups excluding carboxylic acids is 1. The zero-order valence-corrected chi connectivity index (χ0v) is 17.3. The molecule has 0 bridgehead atoms. The summed E-state index contributed by atoms with van der Waals surface area (Å²) in [5.41, 5.74) is 4.60. The average molecular weight is 388 g/mol. The SMILES string of the molecule is Cc1cc(Oc2ncccc2C#N)ccc1NC(=O)c1cc(C)n(C(C)C)c1C. The Kier molecular flexibility index (Phi) is 5.69. The molecule has 0 atom stereocenters. The molecule has 1 aromatic carbocycles. The molecule has 3 rings (SSSR count). The van der Waals surface area contributed by atoms with Gasteiger partial charge in [-0.2, -0.15) is 5.26 Å². The Bertz CT molecular complexity index is 1110. The third kappa shape index (κ3) is 4.14. The van der Waals surface area contributed by atoms with Crippen molar-refractivity contribution in [1.29, 1.82) is 5.26 Å². The number of aryl methyl sites for hydroxylation is 2. The lowest BCUT2D eigenvalue weighted by molar-refractivity contribution is 0.102. The fourth-order valence-corrected chi connectivity index (χ4v) is 3.50. The van der Waals surface area contributed by atoms with Gasteiger partial charge in [0.05, 0.1) is 5.56 Å². The van der Waals surface area contributed by atoms with Gasteiger partial charge in [-0.25, -0.2) is 4.98 Å². The lowest BCUT2D eigenvalue weighted by Crippen LogP contribution is -2.14. The van der Waals surface area contributed by atoms with E-state index < -0.39 is 0 Å². The van der Waals surface area contributed by atoms with Crippen molar-refractivity contribution in [3.63, 3.8) is 0 Å². The molecule has 148 valence electrons. The van der Waals surface area contributed by atoms with E-state index in [2.05, 4.69) is 34.8 Å². The van der Waals surface area contributed by atoms with Crippen LogP contribution < -0.4 is 10.1 Å². The Balaban J connectivity index is 1.80.